The van der Waals surface area contributed by atoms with Gasteiger partial charge in [0, 0.05) is 38.3 Å². The molecule has 1 aromatic carbocycles. The number of carbonyl (C=O) groups excluding carboxylic acids is 1. The van der Waals surface area contributed by atoms with Gasteiger partial charge in [-0.2, -0.15) is 0 Å². The van der Waals surface area contributed by atoms with Gasteiger partial charge in [-0.05, 0) is 26.0 Å². The smallest absolute Gasteiger partial charge is 0.260 e. The number of piperazine rings is 1. The van der Waals surface area contributed by atoms with Crippen LogP contribution in [-0.2, 0) is 4.79 Å². The second-order valence-corrected chi connectivity index (χ2v) is 6.19. The van der Waals surface area contributed by atoms with Crippen LogP contribution in [0.25, 0.3) is 0 Å². The molecule has 2 rings (SSSR count). The van der Waals surface area contributed by atoms with Crippen molar-refractivity contribution in [2.45, 2.75) is 19.9 Å². The van der Waals surface area contributed by atoms with Crippen molar-refractivity contribution in [3.05, 3.63) is 28.2 Å². The minimum Gasteiger partial charge on any atom is -0.484 e. The van der Waals surface area contributed by atoms with Crippen molar-refractivity contribution in [1.29, 1.82) is 0 Å². The molecule has 0 radical (unpaired) electrons. The Kier molecular flexibility index (Phi) is 5.73. The fraction of sp³-hybridized carbons (Fsp3) is 0.533. The molecule has 1 amide bonds. The SMILES string of the molecule is CC(C)N1CCN(C(=O)COc2ccc(Cl)c(Cl)c2)CC1. The first-order chi connectivity index (χ1) is 9.97. The predicted molar refractivity (Wildman–Crippen MR) is 85.2 cm³/mol. The Morgan fingerprint density at radius 1 is 1.19 bits per heavy atom. The maximum absolute atomic E-state index is 12.1. The highest BCUT2D eigenvalue weighted by atomic mass is 35.5. The number of hydrogen-bond acceptors (Lipinski definition) is 3. The number of ether oxygens (including phenoxy) is 1. The molecule has 1 aliphatic heterocycles. The largest absolute Gasteiger partial charge is 0.484 e. The zero-order valence-electron chi connectivity index (χ0n) is 12.3. The standard InChI is InChI=1S/C15H20Cl2N2O2/c1-11(2)18-5-7-19(8-6-18)15(20)10-21-12-3-4-13(16)14(17)9-12/h3-4,9,11H,5-8,10H2,1-2H3. The minimum absolute atomic E-state index is 0.00415. The number of rotatable bonds is 4. The Hall–Kier alpha value is -0.970. The molecule has 0 N–H and O–H groups in total. The lowest BCUT2D eigenvalue weighted by atomic mass is 10.2. The molecule has 1 aliphatic rings. The van der Waals surface area contributed by atoms with Gasteiger partial charge >= 0.3 is 0 Å². The van der Waals surface area contributed by atoms with Gasteiger partial charge in [0.2, 0.25) is 0 Å². The van der Waals surface area contributed by atoms with Crippen LogP contribution in [0, 0.1) is 0 Å². The molecule has 1 heterocycles. The van der Waals surface area contributed by atoms with Gasteiger partial charge in [0.25, 0.3) is 5.91 Å². The molecule has 0 unspecified atom stereocenters. The summed E-state index contributed by atoms with van der Waals surface area (Å²) in [7, 11) is 0. The van der Waals surface area contributed by atoms with Crippen molar-refractivity contribution < 1.29 is 9.53 Å². The minimum atomic E-state index is 0.00415. The van der Waals surface area contributed by atoms with E-state index in [0.717, 1.165) is 26.2 Å². The van der Waals surface area contributed by atoms with Crippen LogP contribution in [0.1, 0.15) is 13.8 Å². The highest BCUT2D eigenvalue weighted by Gasteiger charge is 2.22. The van der Waals surface area contributed by atoms with Crippen molar-refractivity contribution >= 4 is 29.1 Å². The molecule has 0 aliphatic carbocycles. The molecule has 1 saturated heterocycles. The highest BCUT2D eigenvalue weighted by Crippen LogP contribution is 2.26. The van der Waals surface area contributed by atoms with E-state index in [2.05, 4.69) is 18.7 Å². The summed E-state index contributed by atoms with van der Waals surface area (Å²) in [6.45, 7) is 7.70. The van der Waals surface area contributed by atoms with E-state index < -0.39 is 0 Å². The average molecular weight is 331 g/mol. The third-order valence-electron chi connectivity index (χ3n) is 3.65. The molecule has 21 heavy (non-hydrogen) atoms. The normalized spacial score (nSPS) is 16.3. The predicted octanol–water partition coefficient (Wildman–Crippen LogP) is 2.92. The number of carbonyl (C=O) groups is 1. The van der Waals surface area contributed by atoms with E-state index in [1.807, 2.05) is 4.90 Å². The van der Waals surface area contributed by atoms with Crippen LogP contribution in [0.5, 0.6) is 5.75 Å². The number of halogens is 2. The maximum Gasteiger partial charge on any atom is 0.260 e. The van der Waals surface area contributed by atoms with Crippen molar-refractivity contribution in [2.75, 3.05) is 32.8 Å². The van der Waals surface area contributed by atoms with E-state index in [-0.39, 0.29) is 12.5 Å². The van der Waals surface area contributed by atoms with Gasteiger partial charge in [0.15, 0.2) is 6.61 Å². The summed E-state index contributed by atoms with van der Waals surface area (Å²) < 4.78 is 5.48. The number of hydrogen-bond donors (Lipinski definition) is 0. The Morgan fingerprint density at radius 3 is 2.43 bits per heavy atom. The van der Waals surface area contributed by atoms with Crippen LogP contribution in [0.4, 0.5) is 0 Å². The lowest BCUT2D eigenvalue weighted by Gasteiger charge is -2.36. The number of amides is 1. The molecule has 1 fully saturated rings. The quantitative estimate of drug-likeness (QED) is 0.850. The molecule has 1 aromatic rings. The topological polar surface area (TPSA) is 32.8 Å². The average Bonchev–Trinajstić information content (AvgIpc) is 2.48. The van der Waals surface area contributed by atoms with Gasteiger partial charge in [-0.25, -0.2) is 0 Å². The summed E-state index contributed by atoms with van der Waals surface area (Å²) in [5, 5.41) is 0.896. The van der Waals surface area contributed by atoms with Crippen molar-refractivity contribution in [3.63, 3.8) is 0 Å². The lowest BCUT2D eigenvalue weighted by Crippen LogP contribution is -2.51. The van der Waals surface area contributed by atoms with E-state index in [0.29, 0.717) is 21.8 Å². The van der Waals surface area contributed by atoms with Crippen LogP contribution in [0.3, 0.4) is 0 Å². The number of benzene rings is 1. The zero-order valence-corrected chi connectivity index (χ0v) is 13.8. The van der Waals surface area contributed by atoms with E-state index in [1.54, 1.807) is 18.2 Å². The molecular formula is C15H20Cl2N2O2. The molecule has 116 valence electrons. The lowest BCUT2D eigenvalue weighted by molar-refractivity contribution is -0.135. The van der Waals surface area contributed by atoms with E-state index in [9.17, 15) is 4.79 Å². The second-order valence-electron chi connectivity index (χ2n) is 5.38. The van der Waals surface area contributed by atoms with E-state index in [4.69, 9.17) is 27.9 Å². The molecule has 4 nitrogen and oxygen atoms in total. The van der Waals surface area contributed by atoms with Gasteiger partial charge in [0.1, 0.15) is 5.75 Å². The summed E-state index contributed by atoms with van der Waals surface area (Å²) in [6, 6.07) is 5.51. The monoisotopic (exact) mass is 330 g/mol. The van der Waals surface area contributed by atoms with Gasteiger partial charge < -0.3 is 9.64 Å². The fourth-order valence-electron chi connectivity index (χ4n) is 2.29. The molecular weight excluding hydrogens is 311 g/mol. The Labute approximate surface area is 135 Å². The summed E-state index contributed by atoms with van der Waals surface area (Å²) in [6.07, 6.45) is 0. The van der Waals surface area contributed by atoms with Gasteiger partial charge in [-0.3, -0.25) is 9.69 Å². The first-order valence-corrected chi connectivity index (χ1v) is 7.82. The van der Waals surface area contributed by atoms with Crippen LogP contribution in [0.15, 0.2) is 18.2 Å². The third kappa shape index (κ3) is 4.50. The van der Waals surface area contributed by atoms with Crippen LogP contribution >= 0.6 is 23.2 Å². The van der Waals surface area contributed by atoms with Crippen molar-refractivity contribution in [2.24, 2.45) is 0 Å². The van der Waals surface area contributed by atoms with Gasteiger partial charge in [-0.1, -0.05) is 23.2 Å². The van der Waals surface area contributed by atoms with E-state index >= 15 is 0 Å². The Balaban J connectivity index is 1.81. The highest BCUT2D eigenvalue weighted by molar-refractivity contribution is 6.42. The second kappa shape index (κ2) is 7.34. The number of nitrogens with zero attached hydrogens (tertiary/aromatic N) is 2. The first-order valence-electron chi connectivity index (χ1n) is 7.07. The molecule has 6 heteroatoms. The molecule has 0 aromatic heterocycles. The summed E-state index contributed by atoms with van der Waals surface area (Å²) in [5.41, 5.74) is 0. The summed E-state index contributed by atoms with van der Waals surface area (Å²) in [5.74, 6) is 0.558. The van der Waals surface area contributed by atoms with Gasteiger partial charge in [-0.15, -0.1) is 0 Å². The maximum atomic E-state index is 12.1. The first kappa shape index (κ1) is 16.4. The van der Waals surface area contributed by atoms with Crippen LogP contribution < -0.4 is 4.74 Å². The zero-order chi connectivity index (χ0) is 15.4. The Morgan fingerprint density at radius 2 is 1.86 bits per heavy atom. The van der Waals surface area contributed by atoms with Crippen molar-refractivity contribution in [1.82, 2.24) is 9.80 Å². The molecule has 0 bridgehead atoms. The Bertz CT molecular complexity index is 500. The van der Waals surface area contributed by atoms with Crippen molar-refractivity contribution in [3.8, 4) is 5.75 Å². The molecule has 0 atom stereocenters. The van der Waals surface area contributed by atoms with E-state index in [1.165, 1.54) is 0 Å². The molecule has 0 saturated carbocycles. The summed E-state index contributed by atoms with van der Waals surface area (Å²) >= 11 is 11.7. The fourth-order valence-corrected chi connectivity index (χ4v) is 2.58. The summed E-state index contributed by atoms with van der Waals surface area (Å²) in [4.78, 5) is 16.3. The molecule has 0 spiro atoms. The van der Waals surface area contributed by atoms with Crippen LogP contribution in [0.2, 0.25) is 10.0 Å². The van der Waals surface area contributed by atoms with Crippen LogP contribution in [-0.4, -0.2) is 54.5 Å². The third-order valence-corrected chi connectivity index (χ3v) is 4.39. The van der Waals surface area contributed by atoms with Gasteiger partial charge in [0.05, 0.1) is 10.0 Å².